The van der Waals surface area contributed by atoms with Gasteiger partial charge in [0.1, 0.15) is 5.82 Å². The Labute approximate surface area is 193 Å². The molecule has 3 aromatic rings. The predicted octanol–water partition coefficient (Wildman–Crippen LogP) is 5.00. The highest BCUT2D eigenvalue weighted by molar-refractivity contribution is 5.92. The van der Waals surface area contributed by atoms with Crippen molar-refractivity contribution in [3.8, 4) is 0 Å². The van der Waals surface area contributed by atoms with Gasteiger partial charge in [-0.1, -0.05) is 24.3 Å². The van der Waals surface area contributed by atoms with E-state index in [9.17, 15) is 4.79 Å². The third-order valence-electron chi connectivity index (χ3n) is 6.23. The summed E-state index contributed by atoms with van der Waals surface area (Å²) in [4.78, 5) is 17.0. The molecule has 0 radical (unpaired) electrons. The Morgan fingerprint density at radius 3 is 2.94 bits per heavy atom. The number of fused-ring (bicyclic) bond motifs is 2. The van der Waals surface area contributed by atoms with Gasteiger partial charge in [0.15, 0.2) is 6.29 Å². The van der Waals surface area contributed by atoms with Crippen LogP contribution in [0.5, 0.6) is 0 Å². The summed E-state index contributed by atoms with van der Waals surface area (Å²) in [5, 5.41) is 10.2. The third kappa shape index (κ3) is 5.43. The summed E-state index contributed by atoms with van der Waals surface area (Å²) in [6.07, 6.45) is 5.17. The minimum absolute atomic E-state index is 0.139. The summed E-state index contributed by atoms with van der Waals surface area (Å²) in [6.45, 7) is 1.61. The van der Waals surface area contributed by atoms with Crippen molar-refractivity contribution in [3.05, 3.63) is 65.7 Å². The van der Waals surface area contributed by atoms with E-state index in [1.54, 1.807) is 0 Å². The topological polar surface area (TPSA) is 84.5 Å². The van der Waals surface area contributed by atoms with Gasteiger partial charge in [0.05, 0.1) is 18.2 Å². The lowest BCUT2D eigenvalue weighted by molar-refractivity contribution is -0.160. The van der Waals surface area contributed by atoms with Crippen molar-refractivity contribution in [1.29, 1.82) is 0 Å². The maximum Gasteiger partial charge on any atom is 0.319 e. The second kappa shape index (κ2) is 10.2. The van der Waals surface area contributed by atoms with E-state index in [0.717, 1.165) is 61.1 Å². The van der Waals surface area contributed by atoms with E-state index in [1.165, 1.54) is 11.1 Å². The zero-order valence-electron chi connectivity index (χ0n) is 18.7. The zero-order valence-corrected chi connectivity index (χ0v) is 18.7. The van der Waals surface area contributed by atoms with E-state index in [4.69, 9.17) is 14.5 Å². The van der Waals surface area contributed by atoms with Crippen LogP contribution in [0.1, 0.15) is 42.9 Å². The largest absolute Gasteiger partial charge is 0.363 e. The molecule has 2 heterocycles. The van der Waals surface area contributed by atoms with E-state index in [-0.39, 0.29) is 12.3 Å². The number of hydrogen-bond acceptors (Lipinski definition) is 5. The molecule has 1 aromatic heterocycles. The van der Waals surface area contributed by atoms with E-state index in [2.05, 4.69) is 40.2 Å². The SMILES string of the molecule is O=C(NCCOC1CCCCO1)Nc1ccc2nc(NC3CCc4ccccc43)ccc2c1. The number of nitrogens with zero attached hydrogens (tertiary/aromatic N) is 1. The average molecular weight is 447 g/mol. The summed E-state index contributed by atoms with van der Waals surface area (Å²) in [5.74, 6) is 0.865. The Kier molecular flexibility index (Phi) is 6.69. The Morgan fingerprint density at radius 1 is 1.09 bits per heavy atom. The maximum atomic E-state index is 12.2. The first kappa shape index (κ1) is 21.7. The number of pyridine rings is 1. The lowest BCUT2D eigenvalue weighted by Crippen LogP contribution is -2.33. The number of benzene rings is 2. The van der Waals surface area contributed by atoms with Crippen LogP contribution in [0.15, 0.2) is 54.6 Å². The van der Waals surface area contributed by atoms with E-state index in [0.29, 0.717) is 19.2 Å². The lowest BCUT2D eigenvalue weighted by Gasteiger charge is -2.22. The van der Waals surface area contributed by atoms with Crippen molar-refractivity contribution >= 4 is 28.4 Å². The van der Waals surface area contributed by atoms with Gasteiger partial charge in [-0.2, -0.15) is 0 Å². The fourth-order valence-corrected chi connectivity index (χ4v) is 4.54. The average Bonchev–Trinajstić information content (AvgIpc) is 3.25. The normalized spacial score (nSPS) is 19.8. The molecule has 33 heavy (non-hydrogen) atoms. The zero-order chi connectivity index (χ0) is 22.5. The van der Waals surface area contributed by atoms with Gasteiger partial charge in [-0.25, -0.2) is 9.78 Å². The van der Waals surface area contributed by atoms with Crippen LogP contribution < -0.4 is 16.0 Å². The molecule has 1 aliphatic heterocycles. The van der Waals surface area contributed by atoms with E-state index < -0.39 is 0 Å². The van der Waals surface area contributed by atoms with Crippen LogP contribution >= 0.6 is 0 Å². The number of amides is 2. The first-order valence-electron chi connectivity index (χ1n) is 11.8. The van der Waals surface area contributed by atoms with Gasteiger partial charge in [0, 0.05) is 24.2 Å². The van der Waals surface area contributed by atoms with Gasteiger partial charge < -0.3 is 25.4 Å². The quantitative estimate of drug-likeness (QED) is 0.445. The van der Waals surface area contributed by atoms with Crippen LogP contribution in [0, 0.1) is 0 Å². The Hall–Kier alpha value is -3.16. The smallest absolute Gasteiger partial charge is 0.319 e. The molecule has 7 nitrogen and oxygen atoms in total. The third-order valence-corrected chi connectivity index (χ3v) is 6.23. The number of urea groups is 1. The molecule has 1 saturated heterocycles. The number of carbonyl (C=O) groups is 1. The minimum atomic E-state index is -0.256. The van der Waals surface area contributed by atoms with Gasteiger partial charge in [-0.05, 0) is 73.6 Å². The number of carbonyl (C=O) groups excluding carboxylic acids is 1. The molecule has 5 rings (SSSR count). The molecule has 1 fully saturated rings. The molecule has 2 unspecified atom stereocenters. The van der Waals surface area contributed by atoms with E-state index >= 15 is 0 Å². The van der Waals surface area contributed by atoms with Crippen molar-refractivity contribution < 1.29 is 14.3 Å². The van der Waals surface area contributed by atoms with Gasteiger partial charge in [0.2, 0.25) is 0 Å². The molecule has 0 spiro atoms. The molecular formula is C26H30N4O3. The molecule has 2 aromatic carbocycles. The Bertz CT molecular complexity index is 1110. The first-order valence-corrected chi connectivity index (χ1v) is 11.8. The number of ether oxygens (including phenoxy) is 2. The lowest BCUT2D eigenvalue weighted by atomic mass is 10.1. The molecule has 2 atom stereocenters. The van der Waals surface area contributed by atoms with Crippen LogP contribution in [-0.4, -0.2) is 37.1 Å². The van der Waals surface area contributed by atoms with Crippen molar-refractivity contribution in [3.63, 3.8) is 0 Å². The van der Waals surface area contributed by atoms with Gasteiger partial charge in [0.25, 0.3) is 0 Å². The Balaban J connectivity index is 1.13. The molecular weight excluding hydrogens is 416 g/mol. The van der Waals surface area contributed by atoms with Gasteiger partial charge in [-0.3, -0.25) is 0 Å². The second-order valence-corrected chi connectivity index (χ2v) is 8.59. The highest BCUT2D eigenvalue weighted by Crippen LogP contribution is 2.33. The predicted molar refractivity (Wildman–Crippen MR) is 129 cm³/mol. The molecule has 2 amide bonds. The molecule has 172 valence electrons. The highest BCUT2D eigenvalue weighted by Gasteiger charge is 2.22. The molecule has 1 aliphatic carbocycles. The minimum Gasteiger partial charge on any atom is -0.363 e. The number of nitrogens with one attached hydrogen (secondary N) is 3. The fraction of sp³-hybridized carbons (Fsp3) is 0.385. The highest BCUT2D eigenvalue weighted by atomic mass is 16.7. The molecule has 7 heteroatoms. The van der Waals surface area contributed by atoms with Crippen molar-refractivity contribution in [1.82, 2.24) is 10.3 Å². The standard InChI is InChI=1S/C26H30N4O3/c31-26(27-14-16-33-25-7-3-4-15-32-25)28-20-10-12-22-19(17-20)9-13-24(29-22)30-23-11-8-18-5-1-2-6-21(18)23/h1-2,5-6,9-10,12-13,17,23,25H,3-4,7-8,11,14-16H2,(H,29,30)(H2,27,28,31). The summed E-state index contributed by atoms with van der Waals surface area (Å²) >= 11 is 0. The molecule has 0 bridgehead atoms. The van der Waals surface area contributed by atoms with Crippen LogP contribution in [0.4, 0.5) is 16.3 Å². The fourth-order valence-electron chi connectivity index (χ4n) is 4.54. The summed E-state index contributed by atoms with van der Waals surface area (Å²) in [6, 6.07) is 18.4. The summed E-state index contributed by atoms with van der Waals surface area (Å²) in [7, 11) is 0. The number of aromatic nitrogens is 1. The number of hydrogen-bond donors (Lipinski definition) is 3. The van der Waals surface area contributed by atoms with Crippen LogP contribution in [-0.2, 0) is 15.9 Å². The van der Waals surface area contributed by atoms with Crippen LogP contribution in [0.25, 0.3) is 10.9 Å². The van der Waals surface area contributed by atoms with E-state index in [1.807, 2.05) is 30.3 Å². The number of anilines is 2. The number of rotatable bonds is 7. The van der Waals surface area contributed by atoms with Gasteiger partial charge >= 0.3 is 6.03 Å². The molecule has 0 saturated carbocycles. The summed E-state index contributed by atoms with van der Waals surface area (Å²) in [5.41, 5.74) is 4.39. The Morgan fingerprint density at radius 2 is 2.03 bits per heavy atom. The first-order chi connectivity index (χ1) is 16.2. The van der Waals surface area contributed by atoms with Crippen molar-refractivity contribution in [2.24, 2.45) is 0 Å². The van der Waals surface area contributed by atoms with Crippen LogP contribution in [0.3, 0.4) is 0 Å². The molecule has 2 aliphatic rings. The number of aryl methyl sites for hydroxylation is 1. The monoisotopic (exact) mass is 446 g/mol. The van der Waals surface area contributed by atoms with Crippen LogP contribution in [0.2, 0.25) is 0 Å². The van der Waals surface area contributed by atoms with Crippen molar-refractivity contribution in [2.75, 3.05) is 30.4 Å². The second-order valence-electron chi connectivity index (χ2n) is 8.59. The molecule has 3 N–H and O–H groups in total. The summed E-state index contributed by atoms with van der Waals surface area (Å²) < 4.78 is 11.2. The van der Waals surface area contributed by atoms with Crippen molar-refractivity contribution in [2.45, 2.75) is 44.4 Å². The van der Waals surface area contributed by atoms with Gasteiger partial charge in [-0.15, -0.1) is 0 Å². The maximum absolute atomic E-state index is 12.2.